The zero-order chi connectivity index (χ0) is 13.2. The molecule has 1 atom stereocenters. The van der Waals surface area contributed by atoms with Crippen LogP contribution in [0.15, 0.2) is 47.6 Å². The summed E-state index contributed by atoms with van der Waals surface area (Å²) in [7, 11) is 0. The third-order valence-corrected chi connectivity index (χ3v) is 3.27. The van der Waals surface area contributed by atoms with Crippen LogP contribution in [0.25, 0.3) is 11.1 Å². The number of benzene rings is 1. The summed E-state index contributed by atoms with van der Waals surface area (Å²) >= 11 is -3.04. The Morgan fingerprint density at radius 1 is 1.22 bits per heavy atom. The highest BCUT2D eigenvalue weighted by Crippen LogP contribution is 2.31. The molecule has 0 bridgehead atoms. The SMILES string of the molecule is [O-][S+](c1c[c]cc(-c2cccnc2)c1)C(F)(F)F. The van der Waals surface area contributed by atoms with Crippen LogP contribution >= 0.6 is 0 Å². The lowest BCUT2D eigenvalue weighted by Crippen LogP contribution is -2.23. The van der Waals surface area contributed by atoms with Crippen LogP contribution in [0.4, 0.5) is 13.2 Å². The van der Waals surface area contributed by atoms with Crippen molar-refractivity contribution in [2.45, 2.75) is 10.4 Å². The van der Waals surface area contributed by atoms with Gasteiger partial charge in [0.2, 0.25) is 0 Å². The number of hydrogen-bond acceptors (Lipinski definition) is 2. The first-order valence-corrected chi connectivity index (χ1v) is 6.03. The highest BCUT2D eigenvalue weighted by atomic mass is 32.2. The van der Waals surface area contributed by atoms with E-state index in [9.17, 15) is 17.7 Å². The summed E-state index contributed by atoms with van der Waals surface area (Å²) in [5.41, 5.74) is -3.62. The normalized spacial score (nSPS) is 13.3. The van der Waals surface area contributed by atoms with Crippen molar-refractivity contribution in [2.24, 2.45) is 0 Å². The zero-order valence-corrected chi connectivity index (χ0v) is 9.76. The van der Waals surface area contributed by atoms with Gasteiger partial charge in [0.25, 0.3) is 0 Å². The van der Waals surface area contributed by atoms with E-state index in [-0.39, 0.29) is 4.90 Å². The zero-order valence-electron chi connectivity index (χ0n) is 8.94. The van der Waals surface area contributed by atoms with Gasteiger partial charge in [-0.3, -0.25) is 4.98 Å². The van der Waals surface area contributed by atoms with Gasteiger partial charge < -0.3 is 4.55 Å². The lowest BCUT2D eigenvalue weighted by Gasteiger charge is -2.12. The van der Waals surface area contributed by atoms with E-state index in [2.05, 4.69) is 11.1 Å². The molecule has 0 aliphatic carbocycles. The summed E-state index contributed by atoms with van der Waals surface area (Å²) in [5, 5.41) is 0. The number of alkyl halides is 3. The molecule has 1 aromatic carbocycles. The molecule has 0 amide bonds. The van der Waals surface area contributed by atoms with E-state index >= 15 is 0 Å². The first kappa shape index (κ1) is 12.9. The second-order valence-electron chi connectivity index (χ2n) is 3.41. The average Bonchev–Trinajstić information content (AvgIpc) is 2.38. The first-order valence-electron chi connectivity index (χ1n) is 4.88. The summed E-state index contributed by atoms with van der Waals surface area (Å²) in [6, 6.07) is 9.76. The van der Waals surface area contributed by atoms with Crippen LogP contribution in [-0.2, 0) is 11.2 Å². The minimum absolute atomic E-state index is 0.316. The molecule has 6 heteroatoms. The van der Waals surface area contributed by atoms with Crippen molar-refractivity contribution in [3.8, 4) is 11.1 Å². The Balaban J connectivity index is 2.37. The van der Waals surface area contributed by atoms with E-state index < -0.39 is 16.7 Å². The summed E-state index contributed by atoms with van der Waals surface area (Å²) in [6.45, 7) is 0. The minimum Gasteiger partial charge on any atom is -0.604 e. The monoisotopic (exact) mass is 270 g/mol. The van der Waals surface area contributed by atoms with Crippen LogP contribution in [0.5, 0.6) is 0 Å². The number of pyridine rings is 1. The lowest BCUT2D eigenvalue weighted by atomic mass is 10.1. The Morgan fingerprint density at radius 3 is 2.61 bits per heavy atom. The van der Waals surface area contributed by atoms with E-state index in [1.165, 1.54) is 18.3 Å². The van der Waals surface area contributed by atoms with E-state index in [1.54, 1.807) is 18.3 Å². The molecule has 0 saturated heterocycles. The maximum atomic E-state index is 12.3. The molecule has 2 aromatic rings. The van der Waals surface area contributed by atoms with Crippen molar-refractivity contribution in [1.29, 1.82) is 0 Å². The number of halogens is 3. The Bertz CT molecular complexity index is 530. The summed E-state index contributed by atoms with van der Waals surface area (Å²) in [5.74, 6) is 0. The Kier molecular flexibility index (Phi) is 3.58. The van der Waals surface area contributed by atoms with Crippen molar-refractivity contribution < 1.29 is 17.7 Å². The van der Waals surface area contributed by atoms with Crippen LogP contribution in [0.3, 0.4) is 0 Å². The van der Waals surface area contributed by atoms with Gasteiger partial charge in [-0.2, -0.15) is 0 Å². The van der Waals surface area contributed by atoms with E-state index in [1.807, 2.05) is 0 Å². The Labute approximate surface area is 105 Å². The largest absolute Gasteiger partial charge is 0.604 e. The standard InChI is InChI=1S/C12H7F3NOS/c13-12(14,15)18(17)11-5-1-3-9(7-11)10-4-2-6-16-8-10/h2-8H. The fraction of sp³-hybridized carbons (Fsp3) is 0.0833. The van der Waals surface area contributed by atoms with Gasteiger partial charge in [0, 0.05) is 30.1 Å². The van der Waals surface area contributed by atoms with Gasteiger partial charge in [0.05, 0.1) is 11.2 Å². The molecular formula is C12H7F3NOS. The highest BCUT2D eigenvalue weighted by molar-refractivity contribution is 7.92. The van der Waals surface area contributed by atoms with Gasteiger partial charge in [0.15, 0.2) is 4.90 Å². The lowest BCUT2D eigenvalue weighted by molar-refractivity contribution is -0.0435. The second-order valence-corrected chi connectivity index (χ2v) is 4.89. The quantitative estimate of drug-likeness (QED) is 0.786. The fourth-order valence-corrected chi connectivity index (χ4v) is 2.07. The van der Waals surface area contributed by atoms with Crippen molar-refractivity contribution >= 4 is 11.2 Å². The van der Waals surface area contributed by atoms with Crippen LogP contribution in [0, 0.1) is 6.07 Å². The topological polar surface area (TPSA) is 36.0 Å². The fourth-order valence-electron chi connectivity index (χ4n) is 1.39. The number of aromatic nitrogens is 1. The molecule has 0 aliphatic heterocycles. The van der Waals surface area contributed by atoms with Crippen LogP contribution in [-0.4, -0.2) is 15.0 Å². The third-order valence-electron chi connectivity index (χ3n) is 2.18. The number of rotatable bonds is 2. The highest BCUT2D eigenvalue weighted by Gasteiger charge is 2.46. The summed E-state index contributed by atoms with van der Waals surface area (Å²) < 4.78 is 48.2. The second kappa shape index (κ2) is 4.99. The number of nitrogens with zero attached hydrogens (tertiary/aromatic N) is 1. The van der Waals surface area contributed by atoms with Gasteiger partial charge >= 0.3 is 5.51 Å². The van der Waals surface area contributed by atoms with Gasteiger partial charge in [-0.1, -0.05) is 6.07 Å². The molecule has 93 valence electrons. The average molecular weight is 270 g/mol. The molecule has 0 saturated carbocycles. The Morgan fingerprint density at radius 2 is 2.00 bits per heavy atom. The maximum Gasteiger partial charge on any atom is 0.578 e. The van der Waals surface area contributed by atoms with Crippen molar-refractivity contribution in [2.75, 3.05) is 0 Å². The van der Waals surface area contributed by atoms with Gasteiger partial charge in [-0.15, -0.1) is 13.2 Å². The van der Waals surface area contributed by atoms with Crippen LogP contribution in [0.1, 0.15) is 0 Å². The van der Waals surface area contributed by atoms with Crippen LogP contribution < -0.4 is 0 Å². The summed E-state index contributed by atoms with van der Waals surface area (Å²) in [4.78, 5) is 3.56. The molecule has 2 nitrogen and oxygen atoms in total. The molecule has 1 unspecified atom stereocenters. The van der Waals surface area contributed by atoms with Crippen LogP contribution in [0.2, 0.25) is 0 Å². The molecule has 0 aliphatic rings. The Hall–Kier alpha value is -1.53. The smallest absolute Gasteiger partial charge is 0.578 e. The predicted molar refractivity (Wildman–Crippen MR) is 61.0 cm³/mol. The first-order chi connectivity index (χ1) is 8.48. The predicted octanol–water partition coefficient (Wildman–Crippen LogP) is 3.18. The van der Waals surface area contributed by atoms with Gasteiger partial charge in [-0.05, 0) is 23.8 Å². The minimum atomic E-state index is -4.76. The van der Waals surface area contributed by atoms with Crippen molar-refractivity contribution in [3.63, 3.8) is 0 Å². The number of hydrogen-bond donors (Lipinski definition) is 0. The van der Waals surface area contributed by atoms with Gasteiger partial charge in [-0.25, -0.2) is 0 Å². The molecule has 1 aromatic heterocycles. The molecule has 0 spiro atoms. The third kappa shape index (κ3) is 2.83. The molecule has 0 N–H and O–H groups in total. The molecule has 1 heterocycles. The molecule has 0 fully saturated rings. The molecule has 18 heavy (non-hydrogen) atoms. The van der Waals surface area contributed by atoms with E-state index in [0.29, 0.717) is 11.1 Å². The van der Waals surface area contributed by atoms with Crippen molar-refractivity contribution in [3.05, 3.63) is 48.8 Å². The maximum absolute atomic E-state index is 12.3. The van der Waals surface area contributed by atoms with E-state index in [0.717, 1.165) is 6.07 Å². The molecule has 1 radical (unpaired) electrons. The molecular weight excluding hydrogens is 263 g/mol. The van der Waals surface area contributed by atoms with E-state index in [4.69, 9.17) is 0 Å². The van der Waals surface area contributed by atoms with Crippen molar-refractivity contribution in [1.82, 2.24) is 4.98 Å². The molecule has 2 rings (SSSR count). The summed E-state index contributed by atoms with van der Waals surface area (Å²) in [6.07, 6.45) is 3.08. The van der Waals surface area contributed by atoms with Gasteiger partial charge in [0.1, 0.15) is 0 Å².